The largest absolute Gasteiger partial charge is 0.336 e. The van der Waals surface area contributed by atoms with Gasteiger partial charge in [-0.25, -0.2) is 9.18 Å². The quantitative estimate of drug-likeness (QED) is 0.733. The van der Waals surface area contributed by atoms with Crippen LogP contribution in [0.15, 0.2) is 48.5 Å². The van der Waals surface area contributed by atoms with Crippen molar-refractivity contribution in [2.24, 2.45) is 5.92 Å². The van der Waals surface area contributed by atoms with Crippen molar-refractivity contribution in [2.45, 2.75) is 25.3 Å². The lowest BCUT2D eigenvalue weighted by atomic mass is 9.87. The zero-order valence-corrected chi connectivity index (χ0v) is 15.2. The Kier molecular flexibility index (Phi) is 6.47. The van der Waals surface area contributed by atoms with Gasteiger partial charge in [0.1, 0.15) is 5.82 Å². The minimum atomic E-state index is -0.241. The molecule has 0 aliphatic carbocycles. The number of hydrogen-bond acceptors (Lipinski definition) is 2. The second-order valence-corrected chi connectivity index (χ2v) is 7.15. The number of carbonyl (C=O) groups is 1. The number of piperidine rings is 1. The van der Waals surface area contributed by atoms with Crippen LogP contribution in [0.25, 0.3) is 0 Å². The third-order valence-electron chi connectivity index (χ3n) is 4.63. The lowest BCUT2D eigenvalue weighted by Gasteiger charge is -2.30. The van der Waals surface area contributed by atoms with Crippen LogP contribution in [-0.4, -0.2) is 25.2 Å². The fourth-order valence-corrected chi connectivity index (χ4v) is 3.54. The van der Waals surface area contributed by atoms with Gasteiger partial charge >= 0.3 is 6.03 Å². The molecule has 6 heteroatoms. The van der Waals surface area contributed by atoms with Crippen molar-refractivity contribution in [3.63, 3.8) is 0 Å². The molecule has 0 bridgehead atoms. The summed E-state index contributed by atoms with van der Waals surface area (Å²) in [5, 5.41) is 9.72. The highest BCUT2D eigenvalue weighted by Gasteiger charge is 2.22. The molecule has 1 heterocycles. The molecule has 2 aromatic carbocycles. The SMILES string of the molecule is O=C(NC[C@@H]1C[C@H](Cc2ccc(F)cc2)CCN1)Nc1cccc(Cl)c1. The fraction of sp³-hybridized carbons (Fsp3) is 0.350. The maximum absolute atomic E-state index is 13.0. The summed E-state index contributed by atoms with van der Waals surface area (Å²) in [4.78, 5) is 12.0. The molecule has 2 atom stereocenters. The molecule has 1 aliphatic rings. The van der Waals surface area contributed by atoms with Crippen molar-refractivity contribution in [1.29, 1.82) is 0 Å². The second kappa shape index (κ2) is 9.01. The molecule has 26 heavy (non-hydrogen) atoms. The van der Waals surface area contributed by atoms with E-state index >= 15 is 0 Å². The number of anilines is 1. The summed E-state index contributed by atoms with van der Waals surface area (Å²) < 4.78 is 13.0. The summed E-state index contributed by atoms with van der Waals surface area (Å²) in [7, 11) is 0. The molecule has 0 saturated carbocycles. The molecule has 138 valence electrons. The molecule has 3 N–H and O–H groups in total. The van der Waals surface area contributed by atoms with Crippen molar-refractivity contribution in [3.8, 4) is 0 Å². The van der Waals surface area contributed by atoms with Crippen LogP contribution in [0.3, 0.4) is 0 Å². The molecular weight excluding hydrogens is 353 g/mol. The number of rotatable bonds is 5. The Labute approximate surface area is 158 Å². The number of halogens is 2. The van der Waals surface area contributed by atoms with E-state index in [4.69, 9.17) is 11.6 Å². The molecule has 4 nitrogen and oxygen atoms in total. The van der Waals surface area contributed by atoms with Gasteiger partial charge in [0, 0.05) is 23.3 Å². The van der Waals surface area contributed by atoms with Crippen LogP contribution >= 0.6 is 11.6 Å². The summed E-state index contributed by atoms with van der Waals surface area (Å²) in [6.07, 6.45) is 3.00. The summed E-state index contributed by atoms with van der Waals surface area (Å²) in [6, 6.07) is 13.8. The average Bonchev–Trinajstić information content (AvgIpc) is 2.62. The Morgan fingerprint density at radius 1 is 1.23 bits per heavy atom. The highest BCUT2D eigenvalue weighted by atomic mass is 35.5. The smallest absolute Gasteiger partial charge is 0.319 e. The molecule has 2 aromatic rings. The first-order valence-electron chi connectivity index (χ1n) is 8.87. The monoisotopic (exact) mass is 375 g/mol. The first kappa shape index (κ1) is 18.7. The Morgan fingerprint density at radius 3 is 2.81 bits per heavy atom. The molecule has 0 spiro atoms. The van der Waals surface area contributed by atoms with Crippen LogP contribution < -0.4 is 16.0 Å². The Balaban J connectivity index is 1.44. The molecule has 0 aromatic heterocycles. The normalized spacial score (nSPS) is 19.8. The van der Waals surface area contributed by atoms with Crippen molar-refractivity contribution in [3.05, 3.63) is 64.9 Å². The molecule has 0 radical (unpaired) electrons. The number of nitrogens with one attached hydrogen (secondary N) is 3. The van der Waals surface area contributed by atoms with E-state index in [-0.39, 0.29) is 17.9 Å². The zero-order valence-electron chi connectivity index (χ0n) is 14.5. The van der Waals surface area contributed by atoms with E-state index in [0.717, 1.165) is 31.4 Å². The summed E-state index contributed by atoms with van der Waals surface area (Å²) in [6.45, 7) is 1.49. The number of hydrogen-bond donors (Lipinski definition) is 3. The molecule has 1 aliphatic heterocycles. The Hall–Kier alpha value is -2.11. The summed E-state index contributed by atoms with van der Waals surface area (Å²) in [5.41, 5.74) is 1.82. The number of carbonyl (C=O) groups excluding carboxylic acids is 1. The van der Waals surface area contributed by atoms with Crippen molar-refractivity contribution in [2.75, 3.05) is 18.4 Å². The van der Waals surface area contributed by atoms with Crippen LogP contribution in [0, 0.1) is 11.7 Å². The topological polar surface area (TPSA) is 53.2 Å². The molecule has 0 unspecified atom stereocenters. The van der Waals surface area contributed by atoms with Crippen LogP contribution in [-0.2, 0) is 6.42 Å². The standard InChI is InChI=1S/C20H23ClFN3O/c21-16-2-1-3-18(12-16)25-20(26)24-13-19-11-15(8-9-23-19)10-14-4-6-17(22)7-5-14/h1-7,12,15,19,23H,8-11,13H2,(H2,24,25,26)/t15-,19-/m0/s1. The number of amides is 2. The van der Waals surface area contributed by atoms with Crippen molar-refractivity contribution >= 4 is 23.3 Å². The van der Waals surface area contributed by atoms with Gasteiger partial charge in [-0.2, -0.15) is 0 Å². The van der Waals surface area contributed by atoms with E-state index in [2.05, 4.69) is 16.0 Å². The predicted octanol–water partition coefficient (Wildman–Crippen LogP) is 4.21. The minimum absolute atomic E-state index is 0.202. The van der Waals surface area contributed by atoms with Gasteiger partial charge in [-0.15, -0.1) is 0 Å². The number of benzene rings is 2. The minimum Gasteiger partial charge on any atom is -0.336 e. The fourth-order valence-electron chi connectivity index (χ4n) is 3.35. The van der Waals surface area contributed by atoms with Gasteiger partial charge in [0.25, 0.3) is 0 Å². The first-order valence-corrected chi connectivity index (χ1v) is 9.24. The molecular formula is C20H23ClFN3O. The van der Waals surface area contributed by atoms with Gasteiger partial charge in [0.2, 0.25) is 0 Å². The van der Waals surface area contributed by atoms with Gasteiger partial charge in [-0.05, 0) is 67.6 Å². The van der Waals surface area contributed by atoms with Gasteiger partial charge < -0.3 is 16.0 Å². The number of urea groups is 1. The lowest BCUT2D eigenvalue weighted by molar-refractivity contribution is 0.246. The van der Waals surface area contributed by atoms with E-state index in [1.807, 2.05) is 12.1 Å². The highest BCUT2D eigenvalue weighted by Crippen LogP contribution is 2.21. The van der Waals surface area contributed by atoms with Gasteiger partial charge in [-0.3, -0.25) is 0 Å². The summed E-state index contributed by atoms with van der Waals surface area (Å²) >= 11 is 5.92. The van der Waals surface area contributed by atoms with E-state index < -0.39 is 0 Å². The van der Waals surface area contributed by atoms with Gasteiger partial charge in [0.15, 0.2) is 0 Å². The Bertz CT molecular complexity index is 738. The molecule has 3 rings (SSSR count). The van der Waals surface area contributed by atoms with Crippen molar-refractivity contribution in [1.82, 2.24) is 10.6 Å². The van der Waals surface area contributed by atoms with Crippen LogP contribution in [0.2, 0.25) is 5.02 Å². The maximum Gasteiger partial charge on any atom is 0.319 e. The highest BCUT2D eigenvalue weighted by molar-refractivity contribution is 6.30. The van der Waals surface area contributed by atoms with E-state index in [1.165, 1.54) is 12.1 Å². The maximum atomic E-state index is 13.0. The molecule has 1 saturated heterocycles. The molecule has 1 fully saturated rings. The van der Waals surface area contributed by atoms with Crippen LogP contribution in [0.5, 0.6) is 0 Å². The van der Waals surface area contributed by atoms with E-state index in [9.17, 15) is 9.18 Å². The first-order chi connectivity index (χ1) is 12.6. The van der Waals surface area contributed by atoms with Crippen molar-refractivity contribution < 1.29 is 9.18 Å². The Morgan fingerprint density at radius 2 is 2.04 bits per heavy atom. The zero-order chi connectivity index (χ0) is 18.4. The summed E-state index contributed by atoms with van der Waals surface area (Å²) in [5.74, 6) is 0.330. The van der Waals surface area contributed by atoms with Gasteiger partial charge in [0.05, 0.1) is 0 Å². The lowest BCUT2D eigenvalue weighted by Crippen LogP contribution is -2.47. The third-order valence-corrected chi connectivity index (χ3v) is 4.87. The third kappa shape index (κ3) is 5.71. The van der Waals surface area contributed by atoms with E-state index in [1.54, 1.807) is 24.3 Å². The molecule has 2 amide bonds. The predicted molar refractivity (Wildman–Crippen MR) is 103 cm³/mol. The average molecular weight is 376 g/mol. The van der Waals surface area contributed by atoms with Crippen LogP contribution in [0.4, 0.5) is 14.9 Å². The van der Waals surface area contributed by atoms with Gasteiger partial charge in [-0.1, -0.05) is 29.8 Å². The van der Waals surface area contributed by atoms with E-state index in [0.29, 0.717) is 23.2 Å². The van der Waals surface area contributed by atoms with Crippen LogP contribution in [0.1, 0.15) is 18.4 Å². The second-order valence-electron chi connectivity index (χ2n) is 6.72.